The van der Waals surface area contributed by atoms with Crippen molar-refractivity contribution in [1.82, 2.24) is 10.3 Å². The third-order valence-corrected chi connectivity index (χ3v) is 3.11. The van der Waals surface area contributed by atoms with Gasteiger partial charge in [0.1, 0.15) is 6.61 Å². The summed E-state index contributed by atoms with van der Waals surface area (Å²) in [7, 11) is 1.65. The molecule has 0 atom stereocenters. The maximum atomic E-state index is 5.90. The maximum absolute atomic E-state index is 5.90. The average molecular weight is 266 g/mol. The minimum atomic E-state index is 0.368. The molecule has 0 saturated carbocycles. The van der Waals surface area contributed by atoms with Crippen LogP contribution in [-0.4, -0.2) is 44.5 Å². The van der Waals surface area contributed by atoms with Gasteiger partial charge in [-0.1, -0.05) is 0 Å². The standard InChI is InChI=1S/C14H22N2O3/c1-17-8-9-18-14-10-12(2-7-16-14)11-19-13-3-5-15-6-4-13/h2,7,10,13,15H,3-6,8-9,11H2,1H3. The number of piperidine rings is 1. The lowest BCUT2D eigenvalue weighted by Crippen LogP contribution is -2.32. The number of nitrogens with one attached hydrogen (secondary N) is 1. The molecule has 1 saturated heterocycles. The molecule has 0 aromatic carbocycles. The van der Waals surface area contributed by atoms with Crippen LogP contribution in [0, 0.1) is 0 Å². The Morgan fingerprint density at radius 1 is 1.32 bits per heavy atom. The van der Waals surface area contributed by atoms with Crippen LogP contribution >= 0.6 is 0 Å². The number of rotatable bonds is 7. The van der Waals surface area contributed by atoms with Gasteiger partial charge in [0.2, 0.25) is 5.88 Å². The first-order valence-corrected chi connectivity index (χ1v) is 6.77. The molecule has 0 radical (unpaired) electrons. The van der Waals surface area contributed by atoms with E-state index < -0.39 is 0 Å². The second kappa shape index (κ2) is 8.09. The Morgan fingerprint density at radius 3 is 2.95 bits per heavy atom. The first-order chi connectivity index (χ1) is 9.38. The molecule has 0 aliphatic carbocycles. The second-order valence-electron chi connectivity index (χ2n) is 4.60. The highest BCUT2D eigenvalue weighted by Gasteiger charge is 2.13. The highest BCUT2D eigenvalue weighted by atomic mass is 16.5. The maximum Gasteiger partial charge on any atom is 0.213 e. The van der Waals surface area contributed by atoms with Crippen LogP contribution in [0.4, 0.5) is 0 Å². The molecule has 0 amide bonds. The zero-order valence-corrected chi connectivity index (χ0v) is 11.4. The summed E-state index contributed by atoms with van der Waals surface area (Å²) in [6, 6.07) is 3.89. The Balaban J connectivity index is 1.77. The number of hydrogen-bond acceptors (Lipinski definition) is 5. The van der Waals surface area contributed by atoms with Crippen molar-refractivity contribution in [2.45, 2.75) is 25.6 Å². The summed E-state index contributed by atoms with van der Waals surface area (Å²) in [6.45, 7) is 3.80. The first-order valence-electron chi connectivity index (χ1n) is 6.77. The van der Waals surface area contributed by atoms with E-state index in [0.29, 0.717) is 31.8 Å². The van der Waals surface area contributed by atoms with Gasteiger partial charge in [0.25, 0.3) is 0 Å². The topological polar surface area (TPSA) is 52.6 Å². The molecule has 1 N–H and O–H groups in total. The number of pyridine rings is 1. The molecule has 1 aromatic heterocycles. The quantitative estimate of drug-likeness (QED) is 0.756. The van der Waals surface area contributed by atoms with Crippen molar-refractivity contribution in [1.29, 1.82) is 0 Å². The van der Waals surface area contributed by atoms with Gasteiger partial charge in [0.15, 0.2) is 0 Å². The van der Waals surface area contributed by atoms with Gasteiger partial charge in [0.05, 0.1) is 19.3 Å². The van der Waals surface area contributed by atoms with Crippen LogP contribution in [0.1, 0.15) is 18.4 Å². The summed E-state index contributed by atoms with van der Waals surface area (Å²) < 4.78 is 16.3. The van der Waals surface area contributed by atoms with Gasteiger partial charge >= 0.3 is 0 Å². The summed E-state index contributed by atoms with van der Waals surface area (Å²) in [5.41, 5.74) is 1.10. The minimum absolute atomic E-state index is 0.368. The van der Waals surface area contributed by atoms with Gasteiger partial charge in [-0.05, 0) is 37.6 Å². The highest BCUT2D eigenvalue weighted by molar-refractivity contribution is 5.19. The normalized spacial score (nSPS) is 16.5. The molecule has 0 unspecified atom stereocenters. The molecule has 1 aromatic rings. The van der Waals surface area contributed by atoms with Gasteiger partial charge in [-0.15, -0.1) is 0 Å². The Hall–Kier alpha value is -1.17. The molecule has 1 fully saturated rings. The van der Waals surface area contributed by atoms with Crippen LogP contribution in [0.2, 0.25) is 0 Å². The Labute approximate surface area is 114 Å². The zero-order chi connectivity index (χ0) is 13.3. The largest absolute Gasteiger partial charge is 0.475 e. The van der Waals surface area contributed by atoms with E-state index in [2.05, 4.69) is 10.3 Å². The van der Waals surface area contributed by atoms with Crippen LogP contribution in [0.3, 0.4) is 0 Å². The summed E-state index contributed by atoms with van der Waals surface area (Å²) in [5, 5.41) is 3.33. The third-order valence-electron chi connectivity index (χ3n) is 3.11. The van der Waals surface area contributed by atoms with E-state index >= 15 is 0 Å². The lowest BCUT2D eigenvalue weighted by atomic mass is 10.1. The van der Waals surface area contributed by atoms with E-state index in [0.717, 1.165) is 31.5 Å². The smallest absolute Gasteiger partial charge is 0.213 e. The molecular formula is C14H22N2O3. The van der Waals surface area contributed by atoms with Crippen molar-refractivity contribution in [3.8, 4) is 5.88 Å². The minimum Gasteiger partial charge on any atom is -0.475 e. The molecule has 2 rings (SSSR count). The zero-order valence-electron chi connectivity index (χ0n) is 11.4. The lowest BCUT2D eigenvalue weighted by molar-refractivity contribution is 0.0211. The van der Waals surface area contributed by atoms with Crippen LogP contribution in [-0.2, 0) is 16.1 Å². The first kappa shape index (κ1) is 14.2. The van der Waals surface area contributed by atoms with Gasteiger partial charge in [-0.3, -0.25) is 0 Å². The lowest BCUT2D eigenvalue weighted by Gasteiger charge is -2.23. The highest BCUT2D eigenvalue weighted by Crippen LogP contribution is 2.14. The van der Waals surface area contributed by atoms with E-state index in [4.69, 9.17) is 14.2 Å². The van der Waals surface area contributed by atoms with E-state index in [1.54, 1.807) is 13.3 Å². The number of aromatic nitrogens is 1. The molecule has 0 spiro atoms. The number of methoxy groups -OCH3 is 1. The molecule has 1 aliphatic rings. The van der Waals surface area contributed by atoms with Gasteiger partial charge in [-0.25, -0.2) is 4.98 Å². The predicted octanol–water partition coefficient (Wildman–Crippen LogP) is 1.38. The fourth-order valence-electron chi connectivity index (χ4n) is 2.02. The third kappa shape index (κ3) is 5.14. The summed E-state index contributed by atoms with van der Waals surface area (Å²) >= 11 is 0. The Kier molecular flexibility index (Phi) is 6.07. The van der Waals surface area contributed by atoms with Crippen LogP contribution < -0.4 is 10.1 Å². The number of hydrogen-bond donors (Lipinski definition) is 1. The molecule has 5 nitrogen and oxygen atoms in total. The van der Waals surface area contributed by atoms with Crippen molar-refractivity contribution in [2.75, 3.05) is 33.4 Å². The van der Waals surface area contributed by atoms with Crippen molar-refractivity contribution in [2.24, 2.45) is 0 Å². The van der Waals surface area contributed by atoms with Crippen molar-refractivity contribution in [3.05, 3.63) is 23.9 Å². The average Bonchev–Trinajstić information content (AvgIpc) is 2.47. The summed E-state index contributed by atoms with van der Waals surface area (Å²) in [5.74, 6) is 0.628. The van der Waals surface area contributed by atoms with Crippen molar-refractivity contribution < 1.29 is 14.2 Å². The molecule has 106 valence electrons. The van der Waals surface area contributed by atoms with Crippen LogP contribution in [0.25, 0.3) is 0 Å². The van der Waals surface area contributed by atoms with Gasteiger partial charge < -0.3 is 19.5 Å². The second-order valence-corrected chi connectivity index (χ2v) is 4.60. The molecular weight excluding hydrogens is 244 g/mol. The Bertz CT molecular complexity index is 367. The molecule has 2 heterocycles. The van der Waals surface area contributed by atoms with Crippen molar-refractivity contribution in [3.63, 3.8) is 0 Å². The van der Waals surface area contributed by atoms with Gasteiger partial charge in [0, 0.05) is 19.4 Å². The van der Waals surface area contributed by atoms with Crippen molar-refractivity contribution >= 4 is 0 Å². The molecule has 19 heavy (non-hydrogen) atoms. The molecule has 0 bridgehead atoms. The summed E-state index contributed by atoms with van der Waals surface area (Å²) in [4.78, 5) is 4.16. The Morgan fingerprint density at radius 2 is 2.16 bits per heavy atom. The van der Waals surface area contributed by atoms with E-state index in [-0.39, 0.29) is 0 Å². The SMILES string of the molecule is COCCOc1cc(COC2CCNCC2)ccn1. The molecule has 5 heteroatoms. The van der Waals surface area contributed by atoms with Crippen LogP contribution in [0.5, 0.6) is 5.88 Å². The monoisotopic (exact) mass is 266 g/mol. The van der Waals surface area contributed by atoms with E-state index in [1.807, 2.05) is 12.1 Å². The van der Waals surface area contributed by atoms with Gasteiger partial charge in [-0.2, -0.15) is 0 Å². The van der Waals surface area contributed by atoms with E-state index in [1.165, 1.54) is 0 Å². The fraction of sp³-hybridized carbons (Fsp3) is 0.643. The van der Waals surface area contributed by atoms with Crippen LogP contribution in [0.15, 0.2) is 18.3 Å². The number of ether oxygens (including phenoxy) is 3. The summed E-state index contributed by atoms with van der Waals surface area (Å²) in [6.07, 6.45) is 4.29. The van der Waals surface area contributed by atoms with E-state index in [9.17, 15) is 0 Å². The molecule has 1 aliphatic heterocycles. The number of nitrogens with zero attached hydrogens (tertiary/aromatic N) is 1. The fourth-order valence-corrected chi connectivity index (χ4v) is 2.02. The predicted molar refractivity (Wildman–Crippen MR) is 72.3 cm³/mol.